The van der Waals surface area contributed by atoms with E-state index in [1.165, 1.54) is 20.3 Å². The van der Waals surface area contributed by atoms with Crippen LogP contribution in [0.2, 0.25) is 0 Å². The molecule has 2 rings (SSSR count). The number of carbonyl (C=O) groups is 1. The predicted molar refractivity (Wildman–Crippen MR) is 94.6 cm³/mol. The third kappa shape index (κ3) is 4.70. The van der Waals surface area contributed by atoms with Crippen molar-refractivity contribution in [2.45, 2.75) is 6.42 Å². The molecule has 134 valence electrons. The van der Waals surface area contributed by atoms with Crippen molar-refractivity contribution in [3.05, 3.63) is 59.4 Å². The SMILES string of the molecule is COc1cc(F)c(C(=O)N(CCN)CCc2ccccc2)cc1OC. The normalized spacial score (nSPS) is 10.4. The van der Waals surface area contributed by atoms with Crippen LogP contribution in [0.3, 0.4) is 0 Å². The van der Waals surface area contributed by atoms with Gasteiger partial charge in [-0.3, -0.25) is 4.79 Å². The first kappa shape index (κ1) is 18.7. The third-order valence-corrected chi connectivity index (χ3v) is 3.90. The van der Waals surface area contributed by atoms with E-state index in [0.29, 0.717) is 31.8 Å². The van der Waals surface area contributed by atoms with Crippen LogP contribution in [0, 0.1) is 5.82 Å². The van der Waals surface area contributed by atoms with Gasteiger partial charge in [-0.25, -0.2) is 4.39 Å². The van der Waals surface area contributed by atoms with E-state index >= 15 is 0 Å². The molecular formula is C19H23FN2O3. The molecule has 2 aromatic carbocycles. The molecule has 0 heterocycles. The average Bonchev–Trinajstić information content (AvgIpc) is 2.65. The summed E-state index contributed by atoms with van der Waals surface area (Å²) in [6.45, 7) is 1.10. The molecule has 0 aliphatic heterocycles. The summed E-state index contributed by atoms with van der Waals surface area (Å²) in [4.78, 5) is 14.3. The van der Waals surface area contributed by atoms with E-state index in [0.717, 1.165) is 11.6 Å². The lowest BCUT2D eigenvalue weighted by Crippen LogP contribution is -2.37. The maximum Gasteiger partial charge on any atom is 0.257 e. The Kier molecular flexibility index (Phi) is 6.77. The maximum absolute atomic E-state index is 14.4. The fourth-order valence-electron chi connectivity index (χ4n) is 2.57. The average molecular weight is 346 g/mol. The Morgan fingerprint density at radius 3 is 2.32 bits per heavy atom. The van der Waals surface area contributed by atoms with Crippen LogP contribution in [0.4, 0.5) is 4.39 Å². The second-order valence-electron chi connectivity index (χ2n) is 5.50. The van der Waals surface area contributed by atoms with E-state index in [1.807, 2.05) is 30.3 Å². The van der Waals surface area contributed by atoms with Gasteiger partial charge in [-0.1, -0.05) is 30.3 Å². The molecule has 0 unspecified atom stereocenters. The molecule has 25 heavy (non-hydrogen) atoms. The molecular weight excluding hydrogens is 323 g/mol. The molecule has 2 N–H and O–H groups in total. The first-order valence-electron chi connectivity index (χ1n) is 8.05. The number of halogens is 1. The van der Waals surface area contributed by atoms with Crippen molar-refractivity contribution in [1.82, 2.24) is 4.90 Å². The molecule has 0 aliphatic rings. The quantitative estimate of drug-likeness (QED) is 0.798. The minimum atomic E-state index is -0.649. The molecule has 0 saturated carbocycles. The van der Waals surface area contributed by atoms with Crippen LogP contribution in [0.5, 0.6) is 11.5 Å². The first-order valence-corrected chi connectivity index (χ1v) is 8.05. The number of nitrogens with zero attached hydrogens (tertiary/aromatic N) is 1. The molecule has 0 bridgehead atoms. The number of rotatable bonds is 8. The van der Waals surface area contributed by atoms with Crippen LogP contribution >= 0.6 is 0 Å². The summed E-state index contributed by atoms with van der Waals surface area (Å²) in [5.41, 5.74) is 6.67. The van der Waals surface area contributed by atoms with E-state index in [1.54, 1.807) is 4.90 Å². The monoisotopic (exact) mass is 346 g/mol. The molecule has 0 saturated heterocycles. The second-order valence-corrected chi connectivity index (χ2v) is 5.50. The molecule has 6 heteroatoms. The van der Waals surface area contributed by atoms with Crippen molar-refractivity contribution in [1.29, 1.82) is 0 Å². The van der Waals surface area contributed by atoms with Gasteiger partial charge in [0.2, 0.25) is 0 Å². The summed E-state index contributed by atoms with van der Waals surface area (Å²) in [5, 5.41) is 0. The van der Waals surface area contributed by atoms with Crippen LogP contribution in [0.15, 0.2) is 42.5 Å². The van der Waals surface area contributed by atoms with Crippen LogP contribution < -0.4 is 15.2 Å². The summed E-state index contributed by atoms with van der Waals surface area (Å²) in [7, 11) is 2.86. The lowest BCUT2D eigenvalue weighted by Gasteiger charge is -2.23. The Labute approximate surface area is 147 Å². The van der Waals surface area contributed by atoms with Crippen molar-refractivity contribution in [3.63, 3.8) is 0 Å². The minimum Gasteiger partial charge on any atom is -0.493 e. The highest BCUT2D eigenvalue weighted by Crippen LogP contribution is 2.30. The van der Waals surface area contributed by atoms with Gasteiger partial charge in [-0.2, -0.15) is 0 Å². The third-order valence-electron chi connectivity index (χ3n) is 3.90. The Balaban J connectivity index is 2.21. The number of carbonyl (C=O) groups excluding carboxylic acids is 1. The van der Waals surface area contributed by atoms with Gasteiger partial charge in [-0.15, -0.1) is 0 Å². The zero-order chi connectivity index (χ0) is 18.2. The fraction of sp³-hybridized carbons (Fsp3) is 0.316. The van der Waals surface area contributed by atoms with Crippen LogP contribution in [0.1, 0.15) is 15.9 Å². The Morgan fingerprint density at radius 2 is 1.72 bits per heavy atom. The van der Waals surface area contributed by atoms with Gasteiger partial charge in [0.1, 0.15) is 5.82 Å². The molecule has 0 radical (unpaired) electrons. The molecule has 0 atom stereocenters. The number of amides is 1. The van der Waals surface area contributed by atoms with Gasteiger partial charge in [0.05, 0.1) is 19.8 Å². The highest BCUT2D eigenvalue weighted by atomic mass is 19.1. The van der Waals surface area contributed by atoms with Gasteiger partial charge in [0.15, 0.2) is 11.5 Å². The molecule has 0 spiro atoms. The van der Waals surface area contributed by atoms with Crippen molar-refractivity contribution in [2.24, 2.45) is 5.73 Å². The Morgan fingerprint density at radius 1 is 1.08 bits per heavy atom. The molecule has 2 aromatic rings. The van der Waals surface area contributed by atoms with E-state index in [4.69, 9.17) is 15.2 Å². The number of methoxy groups -OCH3 is 2. The predicted octanol–water partition coefficient (Wildman–Crippen LogP) is 2.49. The lowest BCUT2D eigenvalue weighted by atomic mass is 10.1. The lowest BCUT2D eigenvalue weighted by molar-refractivity contribution is 0.0757. The van der Waals surface area contributed by atoms with Crippen molar-refractivity contribution in [3.8, 4) is 11.5 Å². The number of ether oxygens (including phenoxy) is 2. The van der Waals surface area contributed by atoms with Gasteiger partial charge in [0.25, 0.3) is 5.91 Å². The van der Waals surface area contributed by atoms with E-state index < -0.39 is 11.7 Å². The summed E-state index contributed by atoms with van der Waals surface area (Å²) in [6, 6.07) is 12.3. The van der Waals surface area contributed by atoms with Crippen molar-refractivity contribution in [2.75, 3.05) is 33.9 Å². The van der Waals surface area contributed by atoms with Gasteiger partial charge >= 0.3 is 0 Å². The highest BCUT2D eigenvalue weighted by molar-refractivity contribution is 5.95. The molecule has 0 aromatic heterocycles. The van der Waals surface area contributed by atoms with Crippen LogP contribution in [-0.2, 0) is 6.42 Å². The molecule has 1 amide bonds. The van der Waals surface area contributed by atoms with E-state index in [2.05, 4.69) is 0 Å². The summed E-state index contributed by atoms with van der Waals surface area (Å²) >= 11 is 0. The van der Waals surface area contributed by atoms with Gasteiger partial charge in [0, 0.05) is 25.7 Å². The van der Waals surface area contributed by atoms with Crippen molar-refractivity contribution >= 4 is 5.91 Å². The minimum absolute atomic E-state index is 0.0563. The number of nitrogens with two attached hydrogens (primary N) is 1. The number of benzene rings is 2. The van der Waals surface area contributed by atoms with Crippen molar-refractivity contribution < 1.29 is 18.7 Å². The second kappa shape index (κ2) is 9.03. The Hall–Kier alpha value is -2.60. The fourth-order valence-corrected chi connectivity index (χ4v) is 2.57. The van der Waals surface area contributed by atoms with Crippen LogP contribution in [-0.4, -0.2) is 44.7 Å². The summed E-state index contributed by atoms with van der Waals surface area (Å²) in [5.74, 6) is -0.515. The highest BCUT2D eigenvalue weighted by Gasteiger charge is 2.21. The van der Waals surface area contributed by atoms with Gasteiger partial charge in [-0.05, 0) is 18.1 Å². The summed E-state index contributed by atoms with van der Waals surface area (Å²) < 4.78 is 24.6. The molecule has 5 nitrogen and oxygen atoms in total. The first-order chi connectivity index (χ1) is 12.1. The zero-order valence-electron chi connectivity index (χ0n) is 14.5. The zero-order valence-corrected chi connectivity index (χ0v) is 14.5. The Bertz CT molecular complexity index is 707. The summed E-state index contributed by atoms with van der Waals surface area (Å²) in [6.07, 6.45) is 0.668. The number of hydrogen-bond donors (Lipinski definition) is 1. The molecule has 0 aliphatic carbocycles. The molecule has 0 fully saturated rings. The van der Waals surface area contributed by atoms with E-state index in [9.17, 15) is 9.18 Å². The van der Waals surface area contributed by atoms with E-state index in [-0.39, 0.29) is 11.3 Å². The van der Waals surface area contributed by atoms with Gasteiger partial charge < -0.3 is 20.1 Å². The largest absolute Gasteiger partial charge is 0.493 e. The standard InChI is InChI=1S/C19H23FN2O3/c1-24-17-12-15(16(20)13-18(17)25-2)19(23)22(11-9-21)10-8-14-6-4-3-5-7-14/h3-7,12-13H,8-11,21H2,1-2H3. The smallest absolute Gasteiger partial charge is 0.257 e. The number of hydrogen-bond acceptors (Lipinski definition) is 4. The topological polar surface area (TPSA) is 64.8 Å². The maximum atomic E-state index is 14.4. The van der Waals surface area contributed by atoms with Crippen LogP contribution in [0.25, 0.3) is 0 Å².